The van der Waals surface area contributed by atoms with Crippen molar-refractivity contribution >= 4 is 5.97 Å². The molecule has 0 heterocycles. The van der Waals surface area contributed by atoms with Gasteiger partial charge in [0.25, 0.3) is 0 Å². The summed E-state index contributed by atoms with van der Waals surface area (Å²) in [7, 11) is 0. The highest BCUT2D eigenvalue weighted by molar-refractivity contribution is 5.97. The SMILES string of the molecule is Cc1cccc(-c2ccccc2C(=O)OC(C)(C)C)c1F. The van der Waals surface area contributed by atoms with Crippen molar-refractivity contribution in [1.29, 1.82) is 0 Å². The van der Waals surface area contributed by atoms with E-state index in [0.717, 1.165) is 0 Å². The molecule has 2 aromatic carbocycles. The van der Waals surface area contributed by atoms with Crippen LogP contribution in [0, 0.1) is 12.7 Å². The molecule has 0 aliphatic rings. The maximum Gasteiger partial charge on any atom is 0.339 e. The first-order valence-corrected chi connectivity index (χ1v) is 6.87. The summed E-state index contributed by atoms with van der Waals surface area (Å²) in [5.74, 6) is -0.757. The summed E-state index contributed by atoms with van der Waals surface area (Å²) in [6.07, 6.45) is 0. The molecule has 0 bridgehead atoms. The van der Waals surface area contributed by atoms with Gasteiger partial charge in [-0.2, -0.15) is 0 Å². The van der Waals surface area contributed by atoms with Crippen LogP contribution in [0.3, 0.4) is 0 Å². The number of rotatable bonds is 2. The van der Waals surface area contributed by atoms with Crippen LogP contribution in [0.15, 0.2) is 42.5 Å². The molecule has 110 valence electrons. The fourth-order valence-corrected chi connectivity index (χ4v) is 2.08. The van der Waals surface area contributed by atoms with Gasteiger partial charge in [-0.05, 0) is 44.9 Å². The van der Waals surface area contributed by atoms with Gasteiger partial charge in [0.05, 0.1) is 5.56 Å². The zero-order valence-electron chi connectivity index (χ0n) is 12.7. The maximum atomic E-state index is 14.3. The second-order valence-electron chi connectivity index (χ2n) is 5.98. The highest BCUT2D eigenvalue weighted by atomic mass is 19.1. The lowest BCUT2D eigenvalue weighted by Gasteiger charge is -2.20. The Bertz CT molecular complexity index is 669. The lowest BCUT2D eigenvalue weighted by Crippen LogP contribution is -2.24. The van der Waals surface area contributed by atoms with Crippen LogP contribution in [-0.2, 0) is 4.74 Å². The van der Waals surface area contributed by atoms with Gasteiger partial charge in [-0.3, -0.25) is 0 Å². The summed E-state index contributed by atoms with van der Waals surface area (Å²) >= 11 is 0. The first-order chi connectivity index (χ1) is 9.79. The summed E-state index contributed by atoms with van der Waals surface area (Å²) in [5, 5.41) is 0. The molecule has 0 N–H and O–H groups in total. The third-order valence-corrected chi connectivity index (χ3v) is 3.03. The van der Waals surface area contributed by atoms with Gasteiger partial charge in [-0.1, -0.05) is 36.4 Å². The highest BCUT2D eigenvalue weighted by Gasteiger charge is 2.21. The molecule has 0 saturated carbocycles. The monoisotopic (exact) mass is 286 g/mol. The second-order valence-corrected chi connectivity index (χ2v) is 5.98. The first-order valence-electron chi connectivity index (χ1n) is 6.87. The van der Waals surface area contributed by atoms with Gasteiger partial charge in [0, 0.05) is 5.56 Å². The molecule has 0 radical (unpaired) electrons. The number of carbonyl (C=O) groups is 1. The normalized spacial score (nSPS) is 11.3. The fraction of sp³-hybridized carbons (Fsp3) is 0.278. The first kappa shape index (κ1) is 15.2. The molecular formula is C18H19FO2. The lowest BCUT2D eigenvalue weighted by atomic mass is 9.97. The molecule has 2 aromatic rings. The molecule has 0 aromatic heterocycles. The topological polar surface area (TPSA) is 26.3 Å². The maximum absolute atomic E-state index is 14.3. The van der Waals surface area contributed by atoms with Crippen molar-refractivity contribution in [1.82, 2.24) is 0 Å². The Morgan fingerprint density at radius 2 is 1.62 bits per heavy atom. The van der Waals surface area contributed by atoms with Crippen LogP contribution in [0.25, 0.3) is 11.1 Å². The highest BCUT2D eigenvalue weighted by Crippen LogP contribution is 2.29. The summed E-state index contributed by atoms with van der Waals surface area (Å²) in [5.41, 5.74) is 1.29. The average Bonchev–Trinajstić information content (AvgIpc) is 2.40. The van der Waals surface area contributed by atoms with Gasteiger partial charge in [-0.25, -0.2) is 9.18 Å². The molecule has 0 atom stereocenters. The van der Waals surface area contributed by atoms with E-state index in [9.17, 15) is 9.18 Å². The predicted molar refractivity (Wildman–Crippen MR) is 81.7 cm³/mol. The Morgan fingerprint density at radius 1 is 1.00 bits per heavy atom. The Labute approximate surface area is 124 Å². The van der Waals surface area contributed by atoms with E-state index in [1.54, 1.807) is 70.2 Å². The number of halogens is 1. The molecule has 0 saturated heterocycles. The number of benzene rings is 2. The van der Waals surface area contributed by atoms with E-state index in [-0.39, 0.29) is 5.82 Å². The van der Waals surface area contributed by atoms with Crippen molar-refractivity contribution in [2.75, 3.05) is 0 Å². The number of aryl methyl sites for hydroxylation is 1. The largest absolute Gasteiger partial charge is 0.456 e. The van der Waals surface area contributed by atoms with Crippen molar-refractivity contribution in [2.24, 2.45) is 0 Å². The van der Waals surface area contributed by atoms with E-state index in [0.29, 0.717) is 22.3 Å². The molecular weight excluding hydrogens is 267 g/mol. The Morgan fingerprint density at radius 3 is 2.29 bits per heavy atom. The molecule has 0 aliphatic heterocycles. The van der Waals surface area contributed by atoms with Gasteiger partial charge < -0.3 is 4.74 Å². The molecule has 3 heteroatoms. The number of ether oxygens (including phenoxy) is 1. The third kappa shape index (κ3) is 3.48. The van der Waals surface area contributed by atoms with Crippen molar-refractivity contribution in [3.63, 3.8) is 0 Å². The van der Waals surface area contributed by atoms with Crippen molar-refractivity contribution in [3.8, 4) is 11.1 Å². The minimum absolute atomic E-state index is 0.312. The van der Waals surface area contributed by atoms with Gasteiger partial charge in [0.15, 0.2) is 0 Å². The number of carbonyl (C=O) groups excluding carboxylic acids is 1. The minimum Gasteiger partial charge on any atom is -0.456 e. The molecule has 0 unspecified atom stereocenters. The minimum atomic E-state index is -0.588. The van der Waals surface area contributed by atoms with E-state index in [4.69, 9.17) is 4.74 Å². The molecule has 21 heavy (non-hydrogen) atoms. The van der Waals surface area contributed by atoms with E-state index in [1.165, 1.54) is 0 Å². The van der Waals surface area contributed by atoms with Crippen LogP contribution in [0.5, 0.6) is 0 Å². The zero-order valence-corrected chi connectivity index (χ0v) is 12.7. The third-order valence-electron chi connectivity index (χ3n) is 3.03. The number of hydrogen-bond donors (Lipinski definition) is 0. The van der Waals surface area contributed by atoms with Gasteiger partial charge in [-0.15, -0.1) is 0 Å². The Balaban J connectivity index is 2.51. The van der Waals surface area contributed by atoms with Gasteiger partial charge in [0.1, 0.15) is 11.4 Å². The van der Waals surface area contributed by atoms with Crippen LogP contribution in [0.1, 0.15) is 36.7 Å². The van der Waals surface area contributed by atoms with E-state index >= 15 is 0 Å². The van der Waals surface area contributed by atoms with Gasteiger partial charge >= 0.3 is 5.97 Å². The summed E-state index contributed by atoms with van der Waals surface area (Å²) in [4.78, 5) is 12.3. The van der Waals surface area contributed by atoms with Crippen molar-refractivity contribution in [3.05, 3.63) is 59.4 Å². The van der Waals surface area contributed by atoms with Crippen molar-refractivity contribution in [2.45, 2.75) is 33.3 Å². The molecule has 0 amide bonds. The number of esters is 1. The molecule has 0 fully saturated rings. The molecule has 2 rings (SSSR count). The number of hydrogen-bond acceptors (Lipinski definition) is 2. The second kappa shape index (κ2) is 5.68. The predicted octanol–water partition coefficient (Wildman–Crippen LogP) is 4.76. The van der Waals surface area contributed by atoms with Gasteiger partial charge in [0.2, 0.25) is 0 Å². The van der Waals surface area contributed by atoms with Crippen LogP contribution >= 0.6 is 0 Å². The summed E-state index contributed by atoms with van der Waals surface area (Å²) in [6, 6.07) is 12.1. The van der Waals surface area contributed by atoms with Crippen LogP contribution in [-0.4, -0.2) is 11.6 Å². The smallest absolute Gasteiger partial charge is 0.339 e. The fourth-order valence-electron chi connectivity index (χ4n) is 2.08. The summed E-state index contributed by atoms with van der Waals surface area (Å²) in [6.45, 7) is 7.12. The Hall–Kier alpha value is -2.16. The molecule has 0 aliphatic carbocycles. The molecule has 0 spiro atoms. The molecule has 2 nitrogen and oxygen atoms in total. The lowest BCUT2D eigenvalue weighted by molar-refractivity contribution is 0.00705. The van der Waals surface area contributed by atoms with Crippen LogP contribution < -0.4 is 0 Å². The standard InChI is InChI=1S/C18H19FO2/c1-12-8-7-11-14(16(12)19)13-9-5-6-10-15(13)17(20)21-18(2,3)4/h5-11H,1-4H3. The van der Waals surface area contributed by atoms with E-state index < -0.39 is 11.6 Å². The van der Waals surface area contributed by atoms with E-state index in [2.05, 4.69) is 0 Å². The zero-order chi connectivity index (χ0) is 15.6. The summed E-state index contributed by atoms with van der Waals surface area (Å²) < 4.78 is 19.7. The Kier molecular flexibility index (Phi) is 4.12. The van der Waals surface area contributed by atoms with Crippen LogP contribution in [0.4, 0.5) is 4.39 Å². The van der Waals surface area contributed by atoms with Crippen LogP contribution in [0.2, 0.25) is 0 Å². The van der Waals surface area contributed by atoms with E-state index in [1.807, 2.05) is 0 Å². The average molecular weight is 286 g/mol. The van der Waals surface area contributed by atoms with Crippen molar-refractivity contribution < 1.29 is 13.9 Å². The quantitative estimate of drug-likeness (QED) is 0.744.